The number of methoxy groups -OCH3 is 1. The summed E-state index contributed by atoms with van der Waals surface area (Å²) in [6.45, 7) is 2.29. The van der Waals surface area contributed by atoms with Gasteiger partial charge in [0, 0.05) is 34.3 Å². The van der Waals surface area contributed by atoms with Gasteiger partial charge in [0.1, 0.15) is 23.8 Å². The number of benzene rings is 3. The summed E-state index contributed by atoms with van der Waals surface area (Å²) >= 11 is 6.29. The zero-order chi connectivity index (χ0) is 31.5. The molecule has 44 heavy (non-hydrogen) atoms. The Morgan fingerprint density at radius 3 is 2.39 bits per heavy atom. The number of ether oxygens (including phenoxy) is 2. The third-order valence-electron chi connectivity index (χ3n) is 8.94. The number of nitrogens with zero attached hydrogens (tertiary/aromatic N) is 1. The van der Waals surface area contributed by atoms with Crippen LogP contribution >= 0.6 is 11.6 Å². The molecule has 10 heteroatoms. The molecule has 9 nitrogen and oxygen atoms in total. The molecule has 230 valence electrons. The Labute approximate surface area is 261 Å². The number of hydrogen-bond donors (Lipinski definition) is 4. The molecule has 0 saturated heterocycles. The van der Waals surface area contributed by atoms with E-state index in [2.05, 4.69) is 28.8 Å². The number of nitriles is 1. The van der Waals surface area contributed by atoms with Gasteiger partial charge in [-0.05, 0) is 69.2 Å². The van der Waals surface area contributed by atoms with E-state index in [9.17, 15) is 25.1 Å². The molecule has 1 amide bonds. The number of anilines is 1. The summed E-state index contributed by atoms with van der Waals surface area (Å²) in [5.74, 6) is -0.988. The highest BCUT2D eigenvalue weighted by Gasteiger charge is 2.44. The van der Waals surface area contributed by atoms with Crippen LogP contribution in [-0.4, -0.2) is 41.8 Å². The Kier molecular flexibility index (Phi) is 9.16. The van der Waals surface area contributed by atoms with E-state index < -0.39 is 23.5 Å². The third kappa shape index (κ3) is 6.68. The predicted octanol–water partition coefficient (Wildman–Crippen LogP) is 6.20. The smallest absolute Gasteiger partial charge is 0.309 e. The maximum Gasteiger partial charge on any atom is 0.309 e. The van der Waals surface area contributed by atoms with Gasteiger partial charge in [0.25, 0.3) is 5.91 Å². The lowest BCUT2D eigenvalue weighted by atomic mass is 9.75. The Balaban J connectivity index is 1.34. The highest BCUT2D eigenvalue weighted by Crippen LogP contribution is 2.48. The maximum atomic E-state index is 13.7. The van der Waals surface area contributed by atoms with Crippen molar-refractivity contribution in [1.82, 2.24) is 5.32 Å². The predicted molar refractivity (Wildman–Crippen MR) is 166 cm³/mol. The first-order chi connectivity index (χ1) is 21.1. The van der Waals surface area contributed by atoms with Gasteiger partial charge in [0.05, 0.1) is 29.8 Å². The molecule has 1 atom stereocenters. The van der Waals surface area contributed by atoms with Crippen LogP contribution in [0.4, 0.5) is 5.69 Å². The van der Waals surface area contributed by atoms with E-state index in [4.69, 9.17) is 21.1 Å². The van der Waals surface area contributed by atoms with Crippen molar-refractivity contribution in [2.45, 2.75) is 63.2 Å². The number of rotatable bonds is 11. The van der Waals surface area contributed by atoms with Crippen LogP contribution in [0.25, 0.3) is 0 Å². The van der Waals surface area contributed by atoms with Gasteiger partial charge in [-0.25, -0.2) is 0 Å². The van der Waals surface area contributed by atoms with E-state index in [0.717, 1.165) is 12.8 Å². The normalized spacial score (nSPS) is 21.0. The first kappa shape index (κ1) is 31.3. The van der Waals surface area contributed by atoms with Crippen molar-refractivity contribution in [3.8, 4) is 17.6 Å². The average Bonchev–Trinajstić information content (AvgIpc) is 3.82. The largest absolute Gasteiger partial charge is 0.496 e. The lowest BCUT2D eigenvalue weighted by Crippen LogP contribution is -2.36. The summed E-state index contributed by atoms with van der Waals surface area (Å²) in [4.78, 5) is 25.3. The number of hydrogen-bond acceptors (Lipinski definition) is 7. The zero-order valence-corrected chi connectivity index (χ0v) is 25.5. The van der Waals surface area contributed by atoms with E-state index in [1.54, 1.807) is 25.1 Å². The Morgan fingerprint density at radius 1 is 1.07 bits per heavy atom. The number of carbonyl (C=O) groups excluding carboxylic acids is 1. The summed E-state index contributed by atoms with van der Waals surface area (Å²) in [5.41, 5.74) is 1.47. The first-order valence-corrected chi connectivity index (χ1v) is 15.1. The number of carbonyl (C=O) groups is 2. The van der Waals surface area contributed by atoms with Crippen molar-refractivity contribution in [3.05, 3.63) is 87.9 Å². The van der Waals surface area contributed by atoms with E-state index in [1.165, 1.54) is 24.8 Å². The Morgan fingerprint density at radius 2 is 1.77 bits per heavy atom. The minimum Gasteiger partial charge on any atom is -0.496 e. The molecule has 3 aromatic rings. The molecule has 0 spiro atoms. The Bertz CT molecular complexity index is 1580. The lowest BCUT2D eigenvalue weighted by Gasteiger charge is -2.34. The van der Waals surface area contributed by atoms with Crippen molar-refractivity contribution in [2.75, 3.05) is 19.0 Å². The number of halogens is 1. The number of carboxylic acids is 1. The molecule has 2 fully saturated rings. The van der Waals surface area contributed by atoms with E-state index >= 15 is 0 Å². The second-order valence-corrected chi connectivity index (χ2v) is 12.4. The fraction of sp³-hybridized carbons (Fsp3) is 0.382. The topological polar surface area (TPSA) is 141 Å². The van der Waals surface area contributed by atoms with Crippen LogP contribution in [-0.2, 0) is 10.2 Å². The van der Waals surface area contributed by atoms with Gasteiger partial charge < -0.3 is 25.0 Å². The molecule has 1 unspecified atom stereocenters. The second kappa shape index (κ2) is 12.9. The maximum absolute atomic E-state index is 13.7. The van der Waals surface area contributed by atoms with Crippen LogP contribution in [0, 0.1) is 16.7 Å². The fourth-order valence-electron chi connectivity index (χ4n) is 5.81. The van der Waals surface area contributed by atoms with Gasteiger partial charge in [-0.1, -0.05) is 48.0 Å². The van der Waals surface area contributed by atoms with Gasteiger partial charge in [0.2, 0.25) is 0 Å². The van der Waals surface area contributed by atoms with Crippen LogP contribution < -0.4 is 20.1 Å². The Hall–Kier alpha value is -4.10. The van der Waals surface area contributed by atoms with Crippen LogP contribution in [0.15, 0.2) is 60.7 Å². The van der Waals surface area contributed by atoms with Gasteiger partial charge in [-0.3, -0.25) is 14.9 Å². The minimum absolute atomic E-state index is 0.0328. The number of nitrogens with one attached hydrogen (secondary N) is 2. The number of amides is 1. The lowest BCUT2D eigenvalue weighted by molar-refractivity contribution is -0.150. The summed E-state index contributed by atoms with van der Waals surface area (Å²) in [6.07, 6.45) is 2.55. The molecule has 2 aliphatic rings. The molecule has 0 heterocycles. The average molecular weight is 618 g/mol. The molecule has 2 saturated carbocycles. The molecule has 0 radical (unpaired) electrons. The molecule has 0 aliphatic heterocycles. The molecule has 0 bridgehead atoms. The second-order valence-electron chi connectivity index (χ2n) is 12.0. The van der Waals surface area contributed by atoms with E-state index in [0.29, 0.717) is 48.5 Å². The highest BCUT2D eigenvalue weighted by atomic mass is 35.5. The number of carboxylic acid groups (broad SMARTS) is 1. The summed E-state index contributed by atoms with van der Waals surface area (Å²) in [6, 6.07) is 20.1. The monoisotopic (exact) mass is 617 g/mol. The number of aliphatic hydroxyl groups is 1. The van der Waals surface area contributed by atoms with Crippen molar-refractivity contribution in [3.63, 3.8) is 0 Å². The number of aliphatic carboxylic acids is 1. The van der Waals surface area contributed by atoms with Crippen LogP contribution in [0.1, 0.15) is 78.7 Å². The van der Waals surface area contributed by atoms with E-state index in [-0.39, 0.29) is 34.1 Å². The van der Waals surface area contributed by atoms with Crippen LogP contribution in [0.3, 0.4) is 0 Å². The molecular formula is C34H36ClN3O6. The zero-order valence-electron chi connectivity index (χ0n) is 24.7. The first-order valence-electron chi connectivity index (χ1n) is 14.7. The number of aliphatic hydroxyl groups excluding tert-OH is 1. The minimum atomic E-state index is -1.08. The fourth-order valence-corrected chi connectivity index (χ4v) is 5.98. The molecule has 2 aliphatic carbocycles. The summed E-state index contributed by atoms with van der Waals surface area (Å²) in [7, 11) is 1.40. The highest BCUT2D eigenvalue weighted by molar-refractivity contribution is 6.31. The molecule has 4 N–H and O–H groups in total. The summed E-state index contributed by atoms with van der Waals surface area (Å²) in [5, 5.41) is 36.9. The van der Waals surface area contributed by atoms with Crippen LogP contribution in [0.5, 0.6) is 11.5 Å². The van der Waals surface area contributed by atoms with Gasteiger partial charge >= 0.3 is 5.97 Å². The van der Waals surface area contributed by atoms with Crippen molar-refractivity contribution in [1.29, 1.82) is 5.26 Å². The molecule has 3 aromatic carbocycles. The molecule has 0 aromatic heterocycles. The van der Waals surface area contributed by atoms with Gasteiger partial charge in [0.15, 0.2) is 0 Å². The summed E-state index contributed by atoms with van der Waals surface area (Å²) < 4.78 is 11.6. The third-order valence-corrected chi connectivity index (χ3v) is 9.18. The molecular weight excluding hydrogens is 582 g/mol. The quantitative estimate of drug-likeness (QED) is 0.187. The molecule has 5 rings (SSSR count). The van der Waals surface area contributed by atoms with Crippen molar-refractivity contribution >= 4 is 29.2 Å². The SMILES string of the molecule is COc1cc(C#N)c(OC2CCC(C)(C(=O)O)CC2)cc1C(=O)Nc1cc(Cl)ccc1C(O)NCC1(c2ccccc2)CC1. The van der Waals surface area contributed by atoms with Crippen LogP contribution in [0.2, 0.25) is 5.02 Å². The van der Waals surface area contributed by atoms with Gasteiger partial charge in [-0.15, -0.1) is 0 Å². The van der Waals surface area contributed by atoms with Crippen molar-refractivity contribution in [2.24, 2.45) is 5.41 Å². The van der Waals surface area contributed by atoms with Crippen molar-refractivity contribution < 1.29 is 29.3 Å². The van der Waals surface area contributed by atoms with E-state index in [1.807, 2.05) is 18.2 Å². The van der Waals surface area contributed by atoms with Gasteiger partial charge in [-0.2, -0.15) is 5.26 Å². The standard InChI is InChI=1S/C34H36ClN3O6/c1-33(32(41)42)12-10-24(11-13-33)44-28-18-26(29(43-2)16-21(28)19-36)31(40)38-27-17-23(35)8-9-25(27)30(39)37-20-34(14-15-34)22-6-4-3-5-7-22/h3-9,16-18,24,30,37,39H,10-15,20H2,1-2H3,(H,38,40)(H,41,42).